The summed E-state index contributed by atoms with van der Waals surface area (Å²) in [6.45, 7) is 6.29. The maximum absolute atomic E-state index is 12.9. The number of furan rings is 1. The molecule has 1 aromatic carbocycles. The van der Waals surface area contributed by atoms with Gasteiger partial charge in [0.15, 0.2) is 0 Å². The second-order valence-corrected chi connectivity index (χ2v) is 7.51. The summed E-state index contributed by atoms with van der Waals surface area (Å²) >= 11 is 1.34. The highest BCUT2D eigenvalue weighted by Gasteiger charge is 2.38. The quantitative estimate of drug-likeness (QED) is 0.627. The lowest BCUT2D eigenvalue weighted by atomic mass is 10.1. The molecule has 2 amide bonds. The lowest BCUT2D eigenvalue weighted by Crippen LogP contribution is -2.32. The minimum absolute atomic E-state index is 0.0733. The van der Waals surface area contributed by atoms with Crippen LogP contribution in [0.3, 0.4) is 0 Å². The predicted molar refractivity (Wildman–Crippen MR) is 106 cm³/mol. The van der Waals surface area contributed by atoms with E-state index in [2.05, 4.69) is 0 Å². The molecule has 27 heavy (non-hydrogen) atoms. The van der Waals surface area contributed by atoms with E-state index >= 15 is 0 Å². The van der Waals surface area contributed by atoms with E-state index < -0.39 is 0 Å². The molecule has 0 radical (unpaired) electrons. The predicted octanol–water partition coefficient (Wildman–Crippen LogP) is 4.49. The summed E-state index contributed by atoms with van der Waals surface area (Å²) < 4.78 is 11.0. The van der Waals surface area contributed by atoms with Crippen LogP contribution in [-0.4, -0.2) is 29.4 Å². The standard InChI is InChI=1S/C21H23NO4S/c1-4-11-22-20(23)18(15-7-9-16(10-8-15)26-14(2)3)19(21(22)24)27-13-17-6-5-12-25-17/h5-10,12,14H,4,11,13H2,1-3H3. The smallest absolute Gasteiger partial charge is 0.267 e. The molecule has 6 heteroatoms. The molecule has 2 aromatic rings. The van der Waals surface area contributed by atoms with Crippen molar-refractivity contribution in [2.75, 3.05) is 6.54 Å². The monoisotopic (exact) mass is 385 g/mol. The van der Waals surface area contributed by atoms with E-state index in [9.17, 15) is 9.59 Å². The molecule has 0 unspecified atom stereocenters. The van der Waals surface area contributed by atoms with Crippen molar-refractivity contribution in [1.82, 2.24) is 4.90 Å². The summed E-state index contributed by atoms with van der Waals surface area (Å²) in [5.41, 5.74) is 1.19. The molecular weight excluding hydrogens is 362 g/mol. The largest absolute Gasteiger partial charge is 0.491 e. The number of carbonyl (C=O) groups is 2. The van der Waals surface area contributed by atoms with Gasteiger partial charge in [0.2, 0.25) is 0 Å². The Morgan fingerprint density at radius 2 is 1.85 bits per heavy atom. The number of hydrogen-bond acceptors (Lipinski definition) is 5. The average Bonchev–Trinajstić information content (AvgIpc) is 3.23. The van der Waals surface area contributed by atoms with E-state index in [4.69, 9.17) is 9.15 Å². The number of thioether (sulfide) groups is 1. The van der Waals surface area contributed by atoms with Gasteiger partial charge in [0.1, 0.15) is 11.5 Å². The van der Waals surface area contributed by atoms with E-state index in [1.807, 2.05) is 57.2 Å². The van der Waals surface area contributed by atoms with Crippen molar-refractivity contribution in [2.24, 2.45) is 0 Å². The van der Waals surface area contributed by atoms with Crippen molar-refractivity contribution in [3.63, 3.8) is 0 Å². The molecule has 0 fully saturated rings. The first-order valence-corrected chi connectivity index (χ1v) is 10.0. The Morgan fingerprint density at radius 3 is 2.44 bits per heavy atom. The third-order valence-electron chi connectivity index (χ3n) is 4.03. The van der Waals surface area contributed by atoms with E-state index in [1.54, 1.807) is 6.26 Å². The molecule has 0 atom stereocenters. The molecule has 0 bridgehead atoms. The molecule has 0 saturated carbocycles. The van der Waals surface area contributed by atoms with Gasteiger partial charge in [0.25, 0.3) is 11.8 Å². The summed E-state index contributed by atoms with van der Waals surface area (Å²) in [6.07, 6.45) is 2.40. The van der Waals surface area contributed by atoms with Gasteiger partial charge in [-0.05, 0) is 50.1 Å². The summed E-state index contributed by atoms with van der Waals surface area (Å²) in [5.74, 6) is 1.54. The molecule has 0 aliphatic carbocycles. The van der Waals surface area contributed by atoms with Gasteiger partial charge in [-0.1, -0.05) is 19.1 Å². The molecule has 2 heterocycles. The highest BCUT2D eigenvalue weighted by molar-refractivity contribution is 8.03. The van der Waals surface area contributed by atoms with Crippen molar-refractivity contribution in [2.45, 2.75) is 39.0 Å². The summed E-state index contributed by atoms with van der Waals surface area (Å²) in [6, 6.07) is 11.0. The maximum Gasteiger partial charge on any atom is 0.267 e. The van der Waals surface area contributed by atoms with Crippen molar-refractivity contribution < 1.29 is 18.7 Å². The van der Waals surface area contributed by atoms with Crippen molar-refractivity contribution in [1.29, 1.82) is 0 Å². The Hall–Kier alpha value is -2.47. The number of nitrogens with zero attached hydrogens (tertiary/aromatic N) is 1. The Kier molecular flexibility index (Phi) is 6.06. The van der Waals surface area contributed by atoms with E-state index in [1.165, 1.54) is 16.7 Å². The van der Waals surface area contributed by atoms with Crippen LogP contribution >= 0.6 is 11.8 Å². The van der Waals surface area contributed by atoms with Crippen LogP contribution in [0.1, 0.15) is 38.5 Å². The second-order valence-electron chi connectivity index (χ2n) is 6.53. The second kappa shape index (κ2) is 8.48. The molecule has 1 aliphatic heterocycles. The molecule has 1 aromatic heterocycles. The number of imide groups is 1. The molecule has 0 saturated heterocycles. The Balaban J connectivity index is 1.91. The first-order chi connectivity index (χ1) is 13.0. The summed E-state index contributed by atoms with van der Waals surface area (Å²) in [5, 5.41) is 0. The first-order valence-electron chi connectivity index (χ1n) is 9.04. The summed E-state index contributed by atoms with van der Waals surface area (Å²) in [7, 11) is 0. The Labute approximate surface area is 163 Å². The van der Waals surface area contributed by atoms with Gasteiger partial charge in [0, 0.05) is 6.54 Å². The van der Waals surface area contributed by atoms with Crippen LogP contribution in [0.5, 0.6) is 5.75 Å². The van der Waals surface area contributed by atoms with Gasteiger partial charge < -0.3 is 9.15 Å². The highest BCUT2D eigenvalue weighted by Crippen LogP contribution is 2.38. The third kappa shape index (κ3) is 4.27. The molecule has 0 N–H and O–H groups in total. The third-order valence-corrected chi connectivity index (χ3v) is 5.12. The molecule has 5 nitrogen and oxygen atoms in total. The van der Waals surface area contributed by atoms with Crippen LogP contribution in [0.15, 0.2) is 52.0 Å². The van der Waals surface area contributed by atoms with Crippen LogP contribution in [0, 0.1) is 0 Å². The fourth-order valence-electron chi connectivity index (χ4n) is 2.88. The van der Waals surface area contributed by atoms with Crippen molar-refractivity contribution in [3.8, 4) is 5.75 Å². The van der Waals surface area contributed by atoms with Crippen LogP contribution < -0.4 is 4.74 Å². The Bertz CT molecular complexity index is 838. The molecule has 3 rings (SSSR count). The minimum atomic E-state index is -0.235. The molecule has 1 aliphatic rings. The van der Waals surface area contributed by atoms with Crippen LogP contribution in [0.4, 0.5) is 0 Å². The van der Waals surface area contributed by atoms with Gasteiger partial charge >= 0.3 is 0 Å². The first kappa shape index (κ1) is 19.3. The van der Waals surface area contributed by atoms with Crippen LogP contribution in [-0.2, 0) is 15.3 Å². The van der Waals surface area contributed by atoms with E-state index in [0.717, 1.165) is 23.5 Å². The zero-order valence-corrected chi connectivity index (χ0v) is 16.5. The minimum Gasteiger partial charge on any atom is -0.491 e. The average molecular weight is 385 g/mol. The van der Waals surface area contributed by atoms with E-state index in [0.29, 0.717) is 22.8 Å². The van der Waals surface area contributed by atoms with Crippen molar-refractivity contribution >= 4 is 29.1 Å². The van der Waals surface area contributed by atoms with Crippen LogP contribution in [0.25, 0.3) is 5.57 Å². The molecule has 0 spiro atoms. The van der Waals surface area contributed by atoms with Gasteiger partial charge in [0.05, 0.1) is 28.6 Å². The lowest BCUT2D eigenvalue weighted by molar-refractivity contribution is -0.136. The number of benzene rings is 1. The zero-order chi connectivity index (χ0) is 19.4. The zero-order valence-electron chi connectivity index (χ0n) is 15.7. The van der Waals surface area contributed by atoms with E-state index in [-0.39, 0.29) is 17.9 Å². The van der Waals surface area contributed by atoms with Gasteiger partial charge in [-0.3, -0.25) is 14.5 Å². The number of rotatable bonds is 8. The van der Waals surface area contributed by atoms with Gasteiger partial charge in [-0.2, -0.15) is 0 Å². The van der Waals surface area contributed by atoms with Gasteiger partial charge in [-0.15, -0.1) is 11.8 Å². The number of hydrogen-bond donors (Lipinski definition) is 0. The topological polar surface area (TPSA) is 59.8 Å². The molecular formula is C21H23NO4S. The fourth-order valence-corrected chi connectivity index (χ4v) is 3.91. The number of ether oxygens (including phenoxy) is 1. The van der Waals surface area contributed by atoms with Gasteiger partial charge in [-0.25, -0.2) is 0 Å². The fraction of sp³-hybridized carbons (Fsp3) is 0.333. The summed E-state index contributed by atoms with van der Waals surface area (Å²) in [4.78, 5) is 27.6. The SMILES string of the molecule is CCCN1C(=O)C(SCc2ccco2)=C(c2ccc(OC(C)C)cc2)C1=O. The molecule has 142 valence electrons. The lowest BCUT2D eigenvalue weighted by Gasteiger charge is -2.13. The number of amides is 2. The van der Waals surface area contributed by atoms with Crippen LogP contribution in [0.2, 0.25) is 0 Å². The number of carbonyl (C=O) groups excluding carboxylic acids is 2. The van der Waals surface area contributed by atoms with Crippen molar-refractivity contribution in [3.05, 3.63) is 58.9 Å². The normalized spacial score (nSPS) is 14.6. The maximum atomic E-state index is 12.9. The highest BCUT2D eigenvalue weighted by atomic mass is 32.2. The Morgan fingerprint density at radius 1 is 1.11 bits per heavy atom.